The molecule has 1 unspecified atom stereocenters. The molecule has 1 N–H and O–H groups in total. The fraction of sp³-hybridized carbons (Fsp3) is 0.310. The van der Waals surface area contributed by atoms with Gasteiger partial charge in [-0.25, -0.2) is 4.52 Å². The van der Waals surface area contributed by atoms with Crippen molar-refractivity contribution in [2.45, 2.75) is 46.3 Å². The topological polar surface area (TPSA) is 64.9 Å². The number of para-hydroxylation sites is 1. The molecule has 0 aliphatic carbocycles. The van der Waals surface area contributed by atoms with E-state index in [1.807, 2.05) is 54.8 Å². The lowest BCUT2D eigenvalue weighted by molar-refractivity contribution is 0.0898. The largest absolute Gasteiger partial charge is 0.493 e. The number of fused-ring (bicyclic) bond motifs is 2. The predicted octanol–water partition coefficient (Wildman–Crippen LogP) is 5.89. The third-order valence-corrected chi connectivity index (χ3v) is 6.77. The summed E-state index contributed by atoms with van der Waals surface area (Å²) in [6, 6.07) is 18.2. The molecule has 6 heteroatoms. The molecule has 1 aliphatic rings. The van der Waals surface area contributed by atoms with Gasteiger partial charge in [-0.3, -0.25) is 4.79 Å². The second-order valence-electron chi connectivity index (χ2n) is 9.35. The molecular formula is C29H31N3O3. The molecule has 4 aromatic rings. The van der Waals surface area contributed by atoms with Crippen LogP contribution in [0.4, 0.5) is 0 Å². The summed E-state index contributed by atoms with van der Waals surface area (Å²) in [7, 11) is 1.65. The number of aromatic nitrogens is 2. The lowest BCUT2D eigenvalue weighted by atomic mass is 9.98. The van der Waals surface area contributed by atoms with Crippen LogP contribution in [-0.4, -0.2) is 29.2 Å². The zero-order valence-corrected chi connectivity index (χ0v) is 20.9. The van der Waals surface area contributed by atoms with Crippen LogP contribution in [0.2, 0.25) is 0 Å². The van der Waals surface area contributed by atoms with Gasteiger partial charge in [0.05, 0.1) is 41.2 Å². The summed E-state index contributed by atoms with van der Waals surface area (Å²) >= 11 is 0. The Balaban J connectivity index is 1.60. The summed E-state index contributed by atoms with van der Waals surface area (Å²) in [5.41, 5.74) is 8.78. The second kappa shape index (κ2) is 9.19. The highest BCUT2D eigenvalue weighted by atomic mass is 16.5. The number of aryl methyl sites for hydroxylation is 3. The second-order valence-corrected chi connectivity index (χ2v) is 9.35. The van der Waals surface area contributed by atoms with Crippen LogP contribution in [0.1, 0.15) is 63.9 Å². The first-order valence-electron chi connectivity index (χ1n) is 12.0. The minimum absolute atomic E-state index is 0.112. The van der Waals surface area contributed by atoms with E-state index in [-0.39, 0.29) is 18.1 Å². The van der Waals surface area contributed by atoms with Gasteiger partial charge < -0.3 is 14.8 Å². The number of carbonyl (C=O) groups excluding carboxylic acids is 1. The van der Waals surface area contributed by atoms with Crippen molar-refractivity contribution in [2.24, 2.45) is 0 Å². The van der Waals surface area contributed by atoms with Crippen LogP contribution in [0.15, 0.2) is 54.6 Å². The number of carbonyl (C=O) groups is 1. The number of methoxy groups -OCH3 is 1. The van der Waals surface area contributed by atoms with Crippen LogP contribution in [0, 0.1) is 20.8 Å². The number of hydrogen-bond donors (Lipinski definition) is 1. The van der Waals surface area contributed by atoms with Crippen molar-refractivity contribution >= 4 is 11.4 Å². The fourth-order valence-corrected chi connectivity index (χ4v) is 5.14. The number of pyridine rings is 1. The Bertz CT molecular complexity index is 1400. The standard InChI is InChI=1S/C29H31N3O3/c1-17-14-18(2)16-21(15-17)27-19(3)31-32-25(27)11-10-23(28(32)20(4)34-5)29(33)30-24-12-13-35-26-9-7-6-8-22(24)26/h6-11,14-16,20,24H,12-13H2,1-5H3,(H,30,33)/t20?,24-/m0/s1. The van der Waals surface area contributed by atoms with Crippen molar-refractivity contribution in [3.63, 3.8) is 0 Å². The van der Waals surface area contributed by atoms with Crippen molar-refractivity contribution in [3.05, 3.63) is 88.2 Å². The van der Waals surface area contributed by atoms with Crippen molar-refractivity contribution < 1.29 is 14.3 Å². The molecule has 1 amide bonds. The van der Waals surface area contributed by atoms with E-state index in [0.717, 1.165) is 45.8 Å². The van der Waals surface area contributed by atoms with Gasteiger partial charge in [0.15, 0.2) is 0 Å². The van der Waals surface area contributed by atoms with Gasteiger partial charge in [0.1, 0.15) is 5.75 Å². The molecule has 0 spiro atoms. The van der Waals surface area contributed by atoms with Crippen molar-refractivity contribution in [2.75, 3.05) is 13.7 Å². The average Bonchev–Trinajstić information content (AvgIpc) is 3.18. The van der Waals surface area contributed by atoms with E-state index in [1.165, 1.54) is 11.1 Å². The summed E-state index contributed by atoms with van der Waals surface area (Å²) in [6.07, 6.45) is 0.394. The molecule has 1 aliphatic heterocycles. The van der Waals surface area contributed by atoms with Crippen molar-refractivity contribution in [3.8, 4) is 16.9 Å². The number of benzene rings is 2. The molecule has 6 nitrogen and oxygen atoms in total. The lowest BCUT2D eigenvalue weighted by Crippen LogP contribution is -2.33. The third-order valence-electron chi connectivity index (χ3n) is 6.77. The Kier molecular flexibility index (Phi) is 6.07. The molecule has 35 heavy (non-hydrogen) atoms. The molecule has 0 saturated heterocycles. The SMILES string of the molecule is COC(C)c1c(C(=O)N[C@H]2CCOc3ccccc32)ccc2c(-c3cc(C)cc(C)c3)c(C)nn12. The Labute approximate surface area is 205 Å². The normalized spacial score (nSPS) is 16.0. The number of hydrogen-bond acceptors (Lipinski definition) is 4. The predicted molar refractivity (Wildman–Crippen MR) is 137 cm³/mol. The van der Waals surface area contributed by atoms with Gasteiger partial charge in [0.2, 0.25) is 0 Å². The molecule has 180 valence electrons. The monoisotopic (exact) mass is 469 g/mol. The quantitative estimate of drug-likeness (QED) is 0.396. The van der Waals surface area contributed by atoms with E-state index >= 15 is 0 Å². The Morgan fingerprint density at radius 1 is 1.11 bits per heavy atom. The Morgan fingerprint density at radius 2 is 1.86 bits per heavy atom. The Morgan fingerprint density at radius 3 is 2.60 bits per heavy atom. The molecule has 2 atom stereocenters. The van der Waals surface area contributed by atoms with Gasteiger partial charge in [0, 0.05) is 24.7 Å². The highest BCUT2D eigenvalue weighted by molar-refractivity contribution is 5.97. The van der Waals surface area contributed by atoms with Gasteiger partial charge >= 0.3 is 0 Å². The number of nitrogens with zero attached hydrogens (tertiary/aromatic N) is 2. The third kappa shape index (κ3) is 4.19. The van der Waals surface area contributed by atoms with Gasteiger partial charge in [-0.2, -0.15) is 5.10 Å². The highest BCUT2D eigenvalue weighted by Gasteiger charge is 2.27. The zero-order chi connectivity index (χ0) is 24.7. The summed E-state index contributed by atoms with van der Waals surface area (Å²) in [5.74, 6) is 0.680. The first-order chi connectivity index (χ1) is 16.9. The van der Waals surface area contributed by atoms with Crippen molar-refractivity contribution in [1.82, 2.24) is 14.9 Å². The molecule has 0 saturated carbocycles. The summed E-state index contributed by atoms with van der Waals surface area (Å²) < 4.78 is 13.4. The minimum atomic E-state index is -0.326. The molecule has 2 aromatic carbocycles. The minimum Gasteiger partial charge on any atom is -0.493 e. The maximum atomic E-state index is 13.6. The maximum Gasteiger partial charge on any atom is 0.253 e. The smallest absolute Gasteiger partial charge is 0.253 e. The highest BCUT2D eigenvalue weighted by Crippen LogP contribution is 2.35. The van der Waals surface area contributed by atoms with Crippen molar-refractivity contribution in [1.29, 1.82) is 0 Å². The number of nitrogens with one attached hydrogen (secondary N) is 1. The van der Waals surface area contributed by atoms with E-state index in [4.69, 9.17) is 14.6 Å². The molecular weight excluding hydrogens is 438 g/mol. The molecule has 2 aromatic heterocycles. The van der Waals surface area contributed by atoms with Gasteiger partial charge in [-0.1, -0.05) is 47.5 Å². The van der Waals surface area contributed by atoms with Crippen LogP contribution >= 0.6 is 0 Å². The van der Waals surface area contributed by atoms with Crippen LogP contribution in [0.5, 0.6) is 5.75 Å². The molecule has 0 radical (unpaired) electrons. The van der Waals surface area contributed by atoms with Crippen LogP contribution in [0.25, 0.3) is 16.6 Å². The number of rotatable bonds is 5. The van der Waals surface area contributed by atoms with E-state index in [2.05, 4.69) is 37.4 Å². The van der Waals surface area contributed by atoms with Crippen LogP contribution in [0.3, 0.4) is 0 Å². The molecule has 0 bridgehead atoms. The summed E-state index contributed by atoms with van der Waals surface area (Å²) in [6.45, 7) is 8.74. The fourth-order valence-electron chi connectivity index (χ4n) is 5.14. The molecule has 3 heterocycles. The van der Waals surface area contributed by atoms with E-state index in [0.29, 0.717) is 12.2 Å². The maximum absolute atomic E-state index is 13.6. The molecule has 0 fully saturated rings. The Hall–Kier alpha value is -3.64. The number of ether oxygens (including phenoxy) is 2. The van der Waals surface area contributed by atoms with E-state index in [9.17, 15) is 4.79 Å². The average molecular weight is 470 g/mol. The van der Waals surface area contributed by atoms with Gasteiger partial charge in [-0.15, -0.1) is 0 Å². The van der Waals surface area contributed by atoms with Crippen LogP contribution < -0.4 is 10.1 Å². The first-order valence-corrected chi connectivity index (χ1v) is 12.0. The zero-order valence-electron chi connectivity index (χ0n) is 20.9. The van der Waals surface area contributed by atoms with Gasteiger partial charge in [-0.05, 0) is 51.5 Å². The summed E-state index contributed by atoms with van der Waals surface area (Å²) in [5, 5.41) is 8.11. The number of amides is 1. The lowest BCUT2D eigenvalue weighted by Gasteiger charge is -2.27. The first kappa shape index (κ1) is 23.1. The van der Waals surface area contributed by atoms with Crippen LogP contribution in [-0.2, 0) is 4.74 Å². The molecule has 5 rings (SSSR count). The van der Waals surface area contributed by atoms with Gasteiger partial charge in [0.25, 0.3) is 5.91 Å². The van der Waals surface area contributed by atoms with E-state index in [1.54, 1.807) is 7.11 Å². The summed E-state index contributed by atoms with van der Waals surface area (Å²) in [4.78, 5) is 13.6. The van der Waals surface area contributed by atoms with E-state index < -0.39 is 0 Å².